The molecule has 1 aromatic heterocycles. The summed E-state index contributed by atoms with van der Waals surface area (Å²) in [5.74, 6) is 0.428. The number of carbonyl (C=O) groups is 1. The second kappa shape index (κ2) is 3.55. The molecular weight excluding hydrogens is 144 g/mol. The van der Waals surface area contributed by atoms with E-state index in [1.54, 1.807) is 18.3 Å². The first-order valence-electron chi connectivity index (χ1n) is 3.08. The van der Waals surface area contributed by atoms with E-state index in [0.717, 1.165) is 5.56 Å². The molecule has 0 aliphatic rings. The molecule has 1 aromatic rings. The predicted molar refractivity (Wildman–Crippen MR) is 39.5 cm³/mol. The van der Waals surface area contributed by atoms with Gasteiger partial charge in [-0.15, -0.1) is 0 Å². The zero-order chi connectivity index (χ0) is 8.10. The van der Waals surface area contributed by atoms with E-state index in [2.05, 4.69) is 9.72 Å². The van der Waals surface area contributed by atoms with Crippen LogP contribution < -0.4 is 5.73 Å². The molecule has 0 aliphatic heterocycles. The van der Waals surface area contributed by atoms with Crippen molar-refractivity contribution in [1.29, 1.82) is 0 Å². The van der Waals surface area contributed by atoms with E-state index in [4.69, 9.17) is 5.73 Å². The molecule has 0 spiro atoms. The Kier molecular flexibility index (Phi) is 2.43. The van der Waals surface area contributed by atoms with Crippen LogP contribution in [0.25, 0.3) is 0 Å². The van der Waals surface area contributed by atoms with Crippen molar-refractivity contribution < 1.29 is 9.53 Å². The standard InChI is InChI=1S/C7H8N2O2/c8-7-3-6(1-2-9-7)4-11-5-10/h1-3,5H,4H2,(H2,8,9). The van der Waals surface area contributed by atoms with Crippen molar-refractivity contribution >= 4 is 12.3 Å². The molecule has 0 atom stereocenters. The summed E-state index contributed by atoms with van der Waals surface area (Å²) in [6.07, 6.45) is 1.57. The summed E-state index contributed by atoms with van der Waals surface area (Å²) in [4.78, 5) is 13.6. The van der Waals surface area contributed by atoms with Crippen LogP contribution in [-0.4, -0.2) is 11.5 Å². The molecule has 1 rings (SSSR count). The third-order valence-corrected chi connectivity index (χ3v) is 1.16. The number of nitrogen functional groups attached to an aromatic ring is 1. The quantitative estimate of drug-likeness (QED) is 0.634. The molecule has 4 nitrogen and oxygen atoms in total. The first kappa shape index (κ1) is 7.53. The van der Waals surface area contributed by atoms with Gasteiger partial charge in [0.1, 0.15) is 12.4 Å². The van der Waals surface area contributed by atoms with Gasteiger partial charge >= 0.3 is 0 Å². The lowest BCUT2D eigenvalue weighted by Gasteiger charge is -1.98. The fraction of sp³-hybridized carbons (Fsp3) is 0.143. The van der Waals surface area contributed by atoms with Gasteiger partial charge < -0.3 is 10.5 Å². The van der Waals surface area contributed by atoms with Gasteiger partial charge in [0.25, 0.3) is 6.47 Å². The van der Waals surface area contributed by atoms with Gasteiger partial charge in [-0.1, -0.05) is 0 Å². The zero-order valence-corrected chi connectivity index (χ0v) is 5.86. The molecule has 0 aromatic carbocycles. The third-order valence-electron chi connectivity index (χ3n) is 1.16. The first-order chi connectivity index (χ1) is 5.33. The minimum atomic E-state index is 0.246. The van der Waals surface area contributed by atoms with Crippen molar-refractivity contribution in [3.8, 4) is 0 Å². The van der Waals surface area contributed by atoms with Crippen LogP contribution in [0.2, 0.25) is 0 Å². The maximum Gasteiger partial charge on any atom is 0.293 e. The van der Waals surface area contributed by atoms with Crippen LogP contribution >= 0.6 is 0 Å². The number of nitrogens with zero attached hydrogens (tertiary/aromatic N) is 1. The van der Waals surface area contributed by atoms with Crippen LogP contribution in [0, 0.1) is 0 Å². The van der Waals surface area contributed by atoms with Crippen LogP contribution in [0.3, 0.4) is 0 Å². The van der Waals surface area contributed by atoms with Crippen molar-refractivity contribution in [1.82, 2.24) is 4.98 Å². The molecule has 1 heterocycles. The summed E-state index contributed by atoms with van der Waals surface area (Å²) in [5, 5.41) is 0. The molecule has 58 valence electrons. The zero-order valence-electron chi connectivity index (χ0n) is 5.86. The molecule has 0 aliphatic carbocycles. The minimum Gasteiger partial charge on any atom is -0.463 e. The molecule has 0 saturated heterocycles. The van der Waals surface area contributed by atoms with Gasteiger partial charge in [-0.25, -0.2) is 4.98 Å². The Balaban J connectivity index is 2.63. The van der Waals surface area contributed by atoms with Gasteiger partial charge in [0.15, 0.2) is 0 Å². The lowest BCUT2D eigenvalue weighted by Crippen LogP contribution is -1.94. The molecule has 0 fully saturated rings. The Morgan fingerprint density at radius 1 is 1.73 bits per heavy atom. The lowest BCUT2D eigenvalue weighted by molar-refractivity contribution is -0.129. The van der Waals surface area contributed by atoms with Crippen molar-refractivity contribution in [2.75, 3.05) is 5.73 Å². The highest BCUT2D eigenvalue weighted by molar-refractivity contribution is 5.38. The van der Waals surface area contributed by atoms with Gasteiger partial charge in [0, 0.05) is 6.20 Å². The monoisotopic (exact) mass is 152 g/mol. The first-order valence-corrected chi connectivity index (χ1v) is 3.08. The van der Waals surface area contributed by atoms with Crippen LogP contribution in [0.1, 0.15) is 5.56 Å². The average Bonchev–Trinajstić information content (AvgIpc) is 2.01. The van der Waals surface area contributed by atoms with Gasteiger partial charge in [0.05, 0.1) is 0 Å². The number of rotatable bonds is 3. The maximum absolute atomic E-state index is 9.79. The Morgan fingerprint density at radius 3 is 3.18 bits per heavy atom. The number of hydrogen-bond acceptors (Lipinski definition) is 4. The van der Waals surface area contributed by atoms with Crippen LogP contribution in [0.15, 0.2) is 18.3 Å². The minimum absolute atomic E-state index is 0.246. The molecule has 2 N–H and O–H groups in total. The van der Waals surface area contributed by atoms with Gasteiger partial charge in [-0.05, 0) is 17.7 Å². The number of hydrogen-bond donors (Lipinski definition) is 1. The average molecular weight is 152 g/mol. The summed E-state index contributed by atoms with van der Waals surface area (Å²) in [5.41, 5.74) is 6.21. The SMILES string of the molecule is Nc1cc(COC=O)ccn1. The van der Waals surface area contributed by atoms with Crippen molar-refractivity contribution in [3.63, 3.8) is 0 Å². The largest absolute Gasteiger partial charge is 0.463 e. The Bertz CT molecular complexity index is 250. The lowest BCUT2D eigenvalue weighted by atomic mass is 10.3. The molecule has 4 heteroatoms. The fourth-order valence-corrected chi connectivity index (χ4v) is 0.714. The summed E-state index contributed by atoms with van der Waals surface area (Å²) in [6, 6.07) is 3.39. The second-order valence-corrected chi connectivity index (χ2v) is 2.00. The molecule has 0 radical (unpaired) electrons. The normalized spacial score (nSPS) is 9.09. The van der Waals surface area contributed by atoms with E-state index in [0.29, 0.717) is 12.3 Å². The van der Waals surface area contributed by atoms with Crippen molar-refractivity contribution in [3.05, 3.63) is 23.9 Å². The molecule has 0 unspecified atom stereocenters. The molecule has 0 saturated carbocycles. The van der Waals surface area contributed by atoms with E-state index in [9.17, 15) is 4.79 Å². The molecule has 11 heavy (non-hydrogen) atoms. The molecular formula is C7H8N2O2. The van der Waals surface area contributed by atoms with E-state index < -0.39 is 0 Å². The van der Waals surface area contributed by atoms with E-state index in [-0.39, 0.29) is 6.61 Å². The number of aromatic nitrogens is 1. The summed E-state index contributed by atoms with van der Waals surface area (Å²) >= 11 is 0. The van der Waals surface area contributed by atoms with Crippen LogP contribution in [-0.2, 0) is 16.1 Å². The topological polar surface area (TPSA) is 65.2 Å². The highest BCUT2D eigenvalue weighted by Gasteiger charge is 1.92. The number of anilines is 1. The Labute approximate surface area is 64.0 Å². The summed E-state index contributed by atoms with van der Waals surface area (Å²) < 4.78 is 4.51. The number of pyridine rings is 1. The Hall–Kier alpha value is -1.58. The highest BCUT2D eigenvalue weighted by Crippen LogP contribution is 2.03. The number of ether oxygens (including phenoxy) is 1. The predicted octanol–water partition coefficient (Wildman–Crippen LogP) is 0.337. The second-order valence-electron chi connectivity index (χ2n) is 2.00. The van der Waals surface area contributed by atoms with Crippen molar-refractivity contribution in [2.45, 2.75) is 6.61 Å². The smallest absolute Gasteiger partial charge is 0.293 e. The van der Waals surface area contributed by atoms with Crippen molar-refractivity contribution in [2.24, 2.45) is 0 Å². The molecule has 0 bridgehead atoms. The summed E-state index contributed by atoms with van der Waals surface area (Å²) in [7, 11) is 0. The fourth-order valence-electron chi connectivity index (χ4n) is 0.714. The van der Waals surface area contributed by atoms with E-state index in [1.165, 1.54) is 0 Å². The van der Waals surface area contributed by atoms with E-state index >= 15 is 0 Å². The van der Waals surface area contributed by atoms with Gasteiger partial charge in [-0.2, -0.15) is 0 Å². The number of carbonyl (C=O) groups excluding carboxylic acids is 1. The molecule has 0 amide bonds. The highest BCUT2D eigenvalue weighted by atomic mass is 16.5. The van der Waals surface area contributed by atoms with Gasteiger partial charge in [-0.3, -0.25) is 4.79 Å². The third kappa shape index (κ3) is 2.25. The number of nitrogens with two attached hydrogens (primary N) is 1. The maximum atomic E-state index is 9.79. The summed E-state index contributed by atoms with van der Waals surface area (Å²) in [6.45, 7) is 0.646. The van der Waals surface area contributed by atoms with Crippen LogP contribution in [0.4, 0.5) is 5.82 Å². The van der Waals surface area contributed by atoms with Gasteiger partial charge in [0.2, 0.25) is 0 Å². The van der Waals surface area contributed by atoms with Crippen LogP contribution in [0.5, 0.6) is 0 Å². The van der Waals surface area contributed by atoms with E-state index in [1.807, 2.05) is 0 Å². The Morgan fingerprint density at radius 2 is 2.55 bits per heavy atom.